The molecule has 276 valence electrons. The Bertz CT molecular complexity index is 2030. The van der Waals surface area contributed by atoms with Crippen molar-refractivity contribution in [3.8, 4) is 17.3 Å². The normalized spacial score (nSPS) is 23.4. The predicted octanol–water partition coefficient (Wildman–Crippen LogP) is 6.13. The number of carboxylic acid groups (broad SMARTS) is 1. The van der Waals surface area contributed by atoms with E-state index in [-0.39, 0.29) is 42.2 Å². The molecule has 5 aliphatic rings. The molecule has 4 aromatic rings. The summed E-state index contributed by atoms with van der Waals surface area (Å²) in [7, 11) is 0. The maximum Gasteiger partial charge on any atom is 0.490 e. The molecular formula is C36H36F6N6O4. The third kappa shape index (κ3) is 6.92. The predicted molar refractivity (Wildman–Crippen MR) is 179 cm³/mol. The summed E-state index contributed by atoms with van der Waals surface area (Å²) in [5.41, 5.74) is 0.595. The van der Waals surface area contributed by atoms with Crippen LogP contribution in [0.1, 0.15) is 50.5 Å². The molecule has 0 saturated carbocycles. The molecule has 2 aromatic carbocycles. The minimum absolute atomic E-state index is 0.0222. The number of anilines is 1. The van der Waals surface area contributed by atoms with Gasteiger partial charge in [0.15, 0.2) is 5.82 Å². The van der Waals surface area contributed by atoms with Gasteiger partial charge in [-0.25, -0.2) is 18.0 Å². The molecule has 2 N–H and O–H groups in total. The van der Waals surface area contributed by atoms with Crippen LogP contribution in [0.15, 0.2) is 36.5 Å². The molecule has 5 aliphatic heterocycles. The first-order chi connectivity index (χ1) is 24.8. The van der Waals surface area contributed by atoms with E-state index in [0.29, 0.717) is 66.6 Å². The van der Waals surface area contributed by atoms with Crippen molar-refractivity contribution < 1.29 is 45.8 Å². The fourth-order valence-electron chi connectivity index (χ4n) is 8.05. The Morgan fingerprint density at radius 3 is 2.65 bits per heavy atom. The highest BCUT2D eigenvalue weighted by molar-refractivity contribution is 6.01. The van der Waals surface area contributed by atoms with Gasteiger partial charge in [-0.05, 0) is 67.5 Å². The van der Waals surface area contributed by atoms with Crippen LogP contribution in [0.25, 0.3) is 32.9 Å². The highest BCUT2D eigenvalue weighted by Crippen LogP contribution is 2.41. The topological polar surface area (TPSA) is 121 Å². The fourth-order valence-corrected chi connectivity index (χ4v) is 8.05. The molecule has 2 aromatic heterocycles. The number of benzene rings is 2. The van der Waals surface area contributed by atoms with E-state index in [1.54, 1.807) is 24.4 Å². The molecule has 10 nitrogen and oxygen atoms in total. The smallest absolute Gasteiger partial charge is 0.475 e. The summed E-state index contributed by atoms with van der Waals surface area (Å²) in [5.74, 6) is -3.38. The van der Waals surface area contributed by atoms with Crippen LogP contribution in [-0.4, -0.2) is 93.5 Å². The number of aromatic nitrogens is 3. The molecule has 3 atom stereocenters. The van der Waals surface area contributed by atoms with E-state index in [9.17, 15) is 22.4 Å². The Morgan fingerprint density at radius 1 is 1.06 bits per heavy atom. The summed E-state index contributed by atoms with van der Waals surface area (Å²) in [6.45, 7) is 2.58. The first-order valence-electron chi connectivity index (χ1n) is 17.3. The third-order valence-corrected chi connectivity index (χ3v) is 10.4. The monoisotopic (exact) mass is 730 g/mol. The first-order valence-corrected chi connectivity index (χ1v) is 17.3. The van der Waals surface area contributed by atoms with Gasteiger partial charge in [0, 0.05) is 50.3 Å². The SMILES string of the molecule is O=C(O)C(F)(F)F.O=C1CCCc2c(F)ccc3cccc(c23)-c2ncc3c(nc(OC[C@@]45CCCN4C[C@H](F)C5)nc3c2F)N2CCC[C@H](C2)N1. The van der Waals surface area contributed by atoms with Gasteiger partial charge >= 0.3 is 18.2 Å². The molecule has 3 saturated heterocycles. The molecular weight excluding hydrogens is 694 g/mol. The van der Waals surface area contributed by atoms with Gasteiger partial charge < -0.3 is 20.1 Å². The highest BCUT2D eigenvalue weighted by Gasteiger charge is 2.49. The number of halogens is 6. The number of carbonyl (C=O) groups is 2. The van der Waals surface area contributed by atoms with E-state index in [2.05, 4.69) is 20.2 Å². The highest BCUT2D eigenvalue weighted by atomic mass is 19.4. The number of rotatable bonds is 3. The van der Waals surface area contributed by atoms with Gasteiger partial charge in [0.05, 0.1) is 10.9 Å². The summed E-state index contributed by atoms with van der Waals surface area (Å²) < 4.78 is 84.6. The zero-order chi connectivity index (χ0) is 36.8. The quantitative estimate of drug-likeness (QED) is 0.240. The zero-order valence-electron chi connectivity index (χ0n) is 28.0. The van der Waals surface area contributed by atoms with Gasteiger partial charge in [-0.1, -0.05) is 24.3 Å². The van der Waals surface area contributed by atoms with E-state index < -0.39 is 35.5 Å². The molecule has 7 heterocycles. The molecule has 52 heavy (non-hydrogen) atoms. The van der Waals surface area contributed by atoms with Crippen LogP contribution < -0.4 is 15.0 Å². The van der Waals surface area contributed by atoms with Crippen molar-refractivity contribution in [2.45, 2.75) is 75.3 Å². The van der Waals surface area contributed by atoms with Gasteiger partial charge in [-0.15, -0.1) is 0 Å². The summed E-state index contributed by atoms with van der Waals surface area (Å²) >= 11 is 0. The van der Waals surface area contributed by atoms with Crippen LogP contribution in [0.4, 0.5) is 32.2 Å². The minimum Gasteiger partial charge on any atom is -0.475 e. The Morgan fingerprint density at radius 2 is 1.87 bits per heavy atom. The molecule has 9 rings (SSSR count). The van der Waals surface area contributed by atoms with Gasteiger partial charge in [-0.3, -0.25) is 14.7 Å². The standard InChI is InChI=1S/C34H35F3N6O2.C2HF3O2/c35-21-15-34(12-4-14-43(34)17-21)19-45-33-40-31-25-16-38-30(29(31)37)24-8-1-5-20-10-11-26(36)23(28(20)24)7-2-9-27(44)39-22-6-3-13-42(18-22)32(25)41-33;3-2(4,5)1(6)7/h1,5,8,10-11,16,21-22H,2-4,6-7,9,12-15,17-19H2,(H,39,44);(H,6,7)/t21-,22-,34+;/m1./s1. The number of amides is 1. The van der Waals surface area contributed by atoms with Crippen molar-refractivity contribution in [3.05, 3.63) is 53.7 Å². The number of pyridine rings is 1. The third-order valence-electron chi connectivity index (χ3n) is 10.4. The number of ether oxygens (including phenoxy) is 1. The number of carbonyl (C=O) groups excluding carboxylic acids is 1. The van der Waals surface area contributed by atoms with Crippen molar-refractivity contribution in [2.75, 3.05) is 37.7 Å². The first kappa shape index (κ1) is 35.7. The minimum atomic E-state index is -5.08. The van der Waals surface area contributed by atoms with Gasteiger partial charge in [-0.2, -0.15) is 23.1 Å². The van der Waals surface area contributed by atoms with E-state index in [1.165, 1.54) is 6.07 Å². The van der Waals surface area contributed by atoms with Crippen molar-refractivity contribution >= 4 is 39.4 Å². The molecule has 16 heteroatoms. The lowest BCUT2D eigenvalue weighted by Gasteiger charge is -2.35. The summed E-state index contributed by atoms with van der Waals surface area (Å²) in [6.07, 6.45) is 0.409. The molecule has 6 bridgehead atoms. The average molecular weight is 731 g/mol. The van der Waals surface area contributed by atoms with Crippen LogP contribution >= 0.6 is 0 Å². The molecule has 0 aliphatic carbocycles. The second-order valence-electron chi connectivity index (χ2n) is 13.8. The lowest BCUT2D eigenvalue weighted by atomic mass is 9.93. The van der Waals surface area contributed by atoms with E-state index in [4.69, 9.17) is 19.6 Å². The number of piperidine rings is 1. The van der Waals surface area contributed by atoms with E-state index in [0.717, 1.165) is 37.6 Å². The molecule has 3 fully saturated rings. The number of hydrogen-bond donors (Lipinski definition) is 2. The van der Waals surface area contributed by atoms with E-state index >= 15 is 8.78 Å². The van der Waals surface area contributed by atoms with Crippen LogP contribution in [0.2, 0.25) is 0 Å². The van der Waals surface area contributed by atoms with Crippen molar-refractivity contribution in [1.29, 1.82) is 0 Å². The average Bonchev–Trinajstić information content (AvgIpc) is 3.63. The number of hydrogen-bond acceptors (Lipinski definition) is 8. The number of alkyl halides is 4. The number of nitrogens with zero attached hydrogens (tertiary/aromatic N) is 5. The van der Waals surface area contributed by atoms with Gasteiger partial charge in [0.1, 0.15) is 35.6 Å². The van der Waals surface area contributed by atoms with Gasteiger partial charge in [0.25, 0.3) is 0 Å². The maximum atomic E-state index is 16.8. The largest absolute Gasteiger partial charge is 0.490 e. The fraction of sp³-hybridized carbons (Fsp3) is 0.472. The molecule has 1 amide bonds. The van der Waals surface area contributed by atoms with Crippen LogP contribution in [-0.2, 0) is 16.0 Å². The molecule has 0 unspecified atom stereocenters. The number of aryl methyl sites for hydroxylation is 1. The van der Waals surface area contributed by atoms with Crippen molar-refractivity contribution in [2.24, 2.45) is 0 Å². The summed E-state index contributed by atoms with van der Waals surface area (Å²) in [6, 6.07) is 8.41. The maximum absolute atomic E-state index is 16.8. The summed E-state index contributed by atoms with van der Waals surface area (Å²) in [5, 5.41) is 12.0. The Kier molecular flexibility index (Phi) is 9.61. The van der Waals surface area contributed by atoms with Crippen LogP contribution in [0.3, 0.4) is 0 Å². The van der Waals surface area contributed by atoms with Crippen LogP contribution in [0, 0.1) is 11.6 Å². The van der Waals surface area contributed by atoms with Crippen molar-refractivity contribution in [1.82, 2.24) is 25.2 Å². The Balaban J connectivity index is 0.000000548. The number of fused-ring (bicyclic) bond motifs is 6. The second-order valence-corrected chi connectivity index (χ2v) is 13.8. The lowest BCUT2D eigenvalue weighted by Crippen LogP contribution is -2.48. The van der Waals surface area contributed by atoms with Gasteiger partial charge in [0.2, 0.25) is 5.91 Å². The van der Waals surface area contributed by atoms with E-state index in [1.807, 2.05) is 11.0 Å². The number of nitrogens with one attached hydrogen (secondary N) is 1. The lowest BCUT2D eigenvalue weighted by molar-refractivity contribution is -0.192. The second kappa shape index (κ2) is 14.0. The zero-order valence-corrected chi connectivity index (χ0v) is 28.0. The molecule has 0 spiro atoms. The number of aliphatic carboxylic acids is 1. The number of carboxylic acids is 1. The Hall–Kier alpha value is -4.73. The Labute approximate surface area is 294 Å². The molecule has 0 radical (unpaired) electrons. The van der Waals surface area contributed by atoms with Crippen LogP contribution in [0.5, 0.6) is 6.01 Å². The van der Waals surface area contributed by atoms with Crippen molar-refractivity contribution in [3.63, 3.8) is 0 Å². The summed E-state index contributed by atoms with van der Waals surface area (Å²) in [4.78, 5) is 40.1.